The van der Waals surface area contributed by atoms with Gasteiger partial charge in [-0.3, -0.25) is 4.79 Å². The summed E-state index contributed by atoms with van der Waals surface area (Å²) in [7, 11) is 0. The molecule has 0 spiro atoms. The lowest BCUT2D eigenvalue weighted by Crippen LogP contribution is -2.30. The van der Waals surface area contributed by atoms with Crippen LogP contribution in [-0.4, -0.2) is 23.7 Å². The third-order valence-corrected chi connectivity index (χ3v) is 2.26. The Morgan fingerprint density at radius 2 is 2.35 bits per heavy atom. The number of amides is 1. The van der Waals surface area contributed by atoms with Crippen LogP contribution >= 0.6 is 0 Å². The summed E-state index contributed by atoms with van der Waals surface area (Å²) in [5.74, 6) is -0.643. The molecule has 0 radical (unpaired) electrons. The number of carbonyl (C=O) groups is 1. The number of aliphatic hydroxyl groups excluding tert-OH is 1. The molecule has 0 aromatic heterocycles. The highest BCUT2D eigenvalue weighted by molar-refractivity contribution is 5.91. The van der Waals surface area contributed by atoms with Gasteiger partial charge in [0.05, 0.1) is 6.10 Å². The number of benzene rings is 1. The number of rotatable bonds is 5. The van der Waals surface area contributed by atoms with E-state index in [1.807, 2.05) is 6.92 Å². The van der Waals surface area contributed by atoms with E-state index in [0.717, 1.165) is 0 Å². The molecule has 92 valence electrons. The molecule has 4 heteroatoms. The largest absolute Gasteiger partial charge is 0.391 e. The molecule has 0 aliphatic heterocycles. The maximum Gasteiger partial charge on any atom is 0.244 e. The quantitative estimate of drug-likeness (QED) is 0.766. The van der Waals surface area contributed by atoms with Crippen LogP contribution in [0.4, 0.5) is 4.39 Å². The van der Waals surface area contributed by atoms with Gasteiger partial charge < -0.3 is 10.4 Å². The zero-order valence-corrected chi connectivity index (χ0v) is 9.69. The molecule has 3 nitrogen and oxygen atoms in total. The molecule has 1 amide bonds. The molecule has 0 saturated carbocycles. The van der Waals surface area contributed by atoms with E-state index in [2.05, 4.69) is 5.32 Å². The van der Waals surface area contributed by atoms with E-state index >= 15 is 0 Å². The summed E-state index contributed by atoms with van der Waals surface area (Å²) in [5.41, 5.74) is 0.621. The Bertz CT molecular complexity index is 404. The standard InChI is InChI=1S/C13H16FNO2/c1-2-12(16)9-15-13(17)7-6-10-4-3-5-11(14)8-10/h3-8,12,16H,2,9H2,1H3,(H,15,17)/b7-6+. The highest BCUT2D eigenvalue weighted by atomic mass is 19.1. The third-order valence-electron chi connectivity index (χ3n) is 2.26. The van der Waals surface area contributed by atoms with Crippen LogP contribution in [0.5, 0.6) is 0 Å². The van der Waals surface area contributed by atoms with Crippen molar-refractivity contribution in [2.75, 3.05) is 6.54 Å². The van der Waals surface area contributed by atoms with Gasteiger partial charge >= 0.3 is 0 Å². The van der Waals surface area contributed by atoms with Gasteiger partial charge in [0.15, 0.2) is 0 Å². The summed E-state index contributed by atoms with van der Waals surface area (Å²) in [5, 5.41) is 11.8. The summed E-state index contributed by atoms with van der Waals surface area (Å²) in [6, 6.07) is 5.96. The van der Waals surface area contributed by atoms with Gasteiger partial charge in [0, 0.05) is 12.6 Å². The van der Waals surface area contributed by atoms with Gasteiger partial charge in [-0.2, -0.15) is 0 Å². The minimum atomic E-state index is -0.526. The number of halogens is 1. The normalized spacial score (nSPS) is 12.6. The van der Waals surface area contributed by atoms with E-state index in [4.69, 9.17) is 0 Å². The summed E-state index contributed by atoms with van der Waals surface area (Å²) in [4.78, 5) is 11.3. The van der Waals surface area contributed by atoms with Gasteiger partial charge in [-0.25, -0.2) is 4.39 Å². The van der Waals surface area contributed by atoms with Crippen molar-refractivity contribution in [3.8, 4) is 0 Å². The fourth-order valence-electron chi connectivity index (χ4n) is 1.20. The van der Waals surface area contributed by atoms with Crippen molar-refractivity contribution in [2.24, 2.45) is 0 Å². The molecule has 2 N–H and O–H groups in total. The van der Waals surface area contributed by atoms with Gasteiger partial charge in [0.2, 0.25) is 5.91 Å². The van der Waals surface area contributed by atoms with Crippen molar-refractivity contribution in [2.45, 2.75) is 19.4 Å². The molecule has 0 aliphatic rings. The smallest absolute Gasteiger partial charge is 0.244 e. The number of nitrogens with one attached hydrogen (secondary N) is 1. The maximum absolute atomic E-state index is 12.8. The van der Waals surface area contributed by atoms with Crippen molar-refractivity contribution in [3.63, 3.8) is 0 Å². The molecular weight excluding hydrogens is 221 g/mol. The molecule has 0 saturated heterocycles. The number of carbonyl (C=O) groups excluding carboxylic acids is 1. The van der Waals surface area contributed by atoms with E-state index in [1.54, 1.807) is 12.1 Å². The molecule has 0 fully saturated rings. The summed E-state index contributed by atoms with van der Waals surface area (Å²) >= 11 is 0. The molecular formula is C13H16FNO2. The Labute approximate surface area is 100.0 Å². The molecule has 1 unspecified atom stereocenters. The van der Waals surface area contributed by atoms with Gasteiger partial charge in [-0.15, -0.1) is 0 Å². The molecule has 1 rings (SSSR count). The van der Waals surface area contributed by atoms with Crippen molar-refractivity contribution >= 4 is 12.0 Å². The molecule has 1 atom stereocenters. The first-order valence-corrected chi connectivity index (χ1v) is 5.51. The lowest BCUT2D eigenvalue weighted by atomic mass is 10.2. The maximum atomic E-state index is 12.8. The SMILES string of the molecule is CCC(O)CNC(=O)/C=C/c1cccc(F)c1. The van der Waals surface area contributed by atoms with E-state index < -0.39 is 6.10 Å². The second kappa shape index (κ2) is 6.81. The molecule has 0 heterocycles. The van der Waals surface area contributed by atoms with Gasteiger partial charge in [0.1, 0.15) is 5.82 Å². The second-order valence-corrected chi connectivity index (χ2v) is 3.70. The molecule has 1 aromatic carbocycles. The van der Waals surface area contributed by atoms with Crippen molar-refractivity contribution in [1.29, 1.82) is 0 Å². The zero-order chi connectivity index (χ0) is 12.7. The van der Waals surface area contributed by atoms with Gasteiger partial charge in [-0.1, -0.05) is 19.1 Å². The number of hydrogen-bond donors (Lipinski definition) is 2. The third kappa shape index (κ3) is 5.26. The summed E-state index contributed by atoms with van der Waals surface area (Å²) in [6.45, 7) is 2.06. The molecule has 17 heavy (non-hydrogen) atoms. The van der Waals surface area contributed by atoms with Gasteiger partial charge in [-0.05, 0) is 30.2 Å². The second-order valence-electron chi connectivity index (χ2n) is 3.70. The van der Waals surface area contributed by atoms with E-state index in [0.29, 0.717) is 12.0 Å². The topological polar surface area (TPSA) is 49.3 Å². The Hall–Kier alpha value is -1.68. The van der Waals surface area contributed by atoms with Crippen LogP contribution in [0.3, 0.4) is 0 Å². The lowest BCUT2D eigenvalue weighted by Gasteiger charge is -2.07. The first kappa shape index (κ1) is 13.4. The highest BCUT2D eigenvalue weighted by Crippen LogP contribution is 2.04. The minimum Gasteiger partial charge on any atom is -0.391 e. The van der Waals surface area contributed by atoms with Crippen LogP contribution in [-0.2, 0) is 4.79 Å². The van der Waals surface area contributed by atoms with Crippen molar-refractivity contribution in [3.05, 3.63) is 41.7 Å². The first-order chi connectivity index (χ1) is 8.11. The average Bonchev–Trinajstić information content (AvgIpc) is 2.33. The van der Waals surface area contributed by atoms with Crippen LogP contribution in [0.25, 0.3) is 6.08 Å². The monoisotopic (exact) mass is 237 g/mol. The minimum absolute atomic E-state index is 0.225. The van der Waals surface area contributed by atoms with Crippen LogP contribution < -0.4 is 5.32 Å². The first-order valence-electron chi connectivity index (χ1n) is 5.51. The fraction of sp³-hybridized carbons (Fsp3) is 0.308. The Morgan fingerprint density at radius 3 is 3.00 bits per heavy atom. The van der Waals surface area contributed by atoms with Crippen molar-refractivity contribution < 1.29 is 14.3 Å². The predicted octanol–water partition coefficient (Wildman–Crippen LogP) is 1.73. The predicted molar refractivity (Wildman–Crippen MR) is 64.7 cm³/mol. The van der Waals surface area contributed by atoms with Crippen LogP contribution in [0.15, 0.2) is 30.3 Å². The Balaban J connectivity index is 2.45. The van der Waals surface area contributed by atoms with E-state index in [-0.39, 0.29) is 18.3 Å². The van der Waals surface area contributed by atoms with E-state index in [1.165, 1.54) is 24.3 Å². The van der Waals surface area contributed by atoms with E-state index in [9.17, 15) is 14.3 Å². The average molecular weight is 237 g/mol. The fourth-order valence-corrected chi connectivity index (χ4v) is 1.20. The highest BCUT2D eigenvalue weighted by Gasteiger charge is 2.01. The van der Waals surface area contributed by atoms with Crippen LogP contribution in [0.2, 0.25) is 0 Å². The Kier molecular flexibility index (Phi) is 5.36. The lowest BCUT2D eigenvalue weighted by molar-refractivity contribution is -0.116. The summed E-state index contributed by atoms with van der Waals surface area (Å²) in [6.07, 6.45) is 2.91. The molecule has 0 bridgehead atoms. The van der Waals surface area contributed by atoms with Crippen LogP contribution in [0, 0.1) is 5.82 Å². The summed E-state index contributed by atoms with van der Waals surface area (Å²) < 4.78 is 12.8. The zero-order valence-electron chi connectivity index (χ0n) is 9.69. The molecule has 1 aromatic rings. The van der Waals surface area contributed by atoms with Gasteiger partial charge in [0.25, 0.3) is 0 Å². The van der Waals surface area contributed by atoms with Crippen LogP contribution in [0.1, 0.15) is 18.9 Å². The Morgan fingerprint density at radius 1 is 1.59 bits per heavy atom. The number of aliphatic hydroxyl groups is 1. The number of hydrogen-bond acceptors (Lipinski definition) is 2. The van der Waals surface area contributed by atoms with Crippen molar-refractivity contribution in [1.82, 2.24) is 5.32 Å². The molecule has 0 aliphatic carbocycles.